The molecule has 1 saturated heterocycles. The van der Waals surface area contributed by atoms with Gasteiger partial charge in [-0.25, -0.2) is 4.98 Å². The summed E-state index contributed by atoms with van der Waals surface area (Å²) in [4.78, 5) is 6.79. The fourth-order valence-electron chi connectivity index (χ4n) is 3.72. The average Bonchev–Trinajstić information content (AvgIpc) is 2.77. The van der Waals surface area contributed by atoms with Crippen LogP contribution in [0.25, 0.3) is 5.70 Å². The van der Waals surface area contributed by atoms with Crippen molar-refractivity contribution >= 4 is 11.5 Å². The Hall–Kier alpha value is -3.19. The fourth-order valence-corrected chi connectivity index (χ4v) is 3.72. The summed E-state index contributed by atoms with van der Waals surface area (Å²) in [5.41, 5.74) is 4.44. The van der Waals surface area contributed by atoms with E-state index in [2.05, 4.69) is 65.6 Å². The van der Waals surface area contributed by atoms with E-state index in [0.29, 0.717) is 11.8 Å². The van der Waals surface area contributed by atoms with Crippen molar-refractivity contribution in [2.45, 2.75) is 32.6 Å². The Kier molecular flexibility index (Phi) is 7.19. The van der Waals surface area contributed by atoms with Crippen LogP contribution >= 0.6 is 0 Å². The molecule has 4 heteroatoms. The largest absolute Gasteiger partial charge is 0.372 e. The summed E-state index contributed by atoms with van der Waals surface area (Å²) in [6.07, 6.45) is 9.51. The van der Waals surface area contributed by atoms with E-state index in [1.807, 2.05) is 30.5 Å². The Balaban J connectivity index is 1.57. The number of piperidine rings is 1. The topological polar surface area (TPSA) is 40.2 Å². The maximum absolute atomic E-state index is 5.47. The molecule has 0 atom stereocenters. The number of hydrogen-bond donors (Lipinski definition) is 2. The molecular formula is C26H32N4. The van der Waals surface area contributed by atoms with Crippen LogP contribution in [0, 0.1) is 18.3 Å². The summed E-state index contributed by atoms with van der Waals surface area (Å²) in [7, 11) is 0. The predicted octanol–water partition coefficient (Wildman–Crippen LogP) is 5.04. The zero-order valence-electron chi connectivity index (χ0n) is 18.1. The van der Waals surface area contributed by atoms with E-state index in [1.54, 1.807) is 0 Å². The number of aromatic nitrogens is 1. The van der Waals surface area contributed by atoms with Gasteiger partial charge in [0.15, 0.2) is 0 Å². The van der Waals surface area contributed by atoms with Crippen LogP contribution in [0.15, 0.2) is 61.6 Å². The minimum Gasteiger partial charge on any atom is -0.372 e. The molecule has 1 fully saturated rings. The van der Waals surface area contributed by atoms with Crippen molar-refractivity contribution in [1.82, 2.24) is 15.2 Å². The lowest BCUT2D eigenvalue weighted by Gasteiger charge is -2.35. The van der Waals surface area contributed by atoms with Gasteiger partial charge in [-0.2, -0.15) is 0 Å². The van der Waals surface area contributed by atoms with E-state index in [0.717, 1.165) is 60.9 Å². The molecular weight excluding hydrogens is 368 g/mol. The van der Waals surface area contributed by atoms with E-state index >= 15 is 0 Å². The third kappa shape index (κ3) is 5.67. The molecule has 0 radical (unpaired) electrons. The maximum atomic E-state index is 5.47. The Morgan fingerprint density at radius 2 is 1.90 bits per heavy atom. The first kappa shape index (κ1) is 21.5. The molecule has 0 saturated carbocycles. The molecule has 0 amide bonds. The van der Waals surface area contributed by atoms with Gasteiger partial charge in [0, 0.05) is 42.7 Å². The Morgan fingerprint density at radius 3 is 2.53 bits per heavy atom. The highest BCUT2D eigenvalue weighted by Crippen LogP contribution is 2.31. The number of nitrogens with zero attached hydrogens (tertiary/aromatic N) is 2. The summed E-state index contributed by atoms with van der Waals surface area (Å²) >= 11 is 0. The second-order valence-corrected chi connectivity index (χ2v) is 8.28. The number of pyridine rings is 1. The van der Waals surface area contributed by atoms with Gasteiger partial charge in [-0.05, 0) is 54.5 Å². The van der Waals surface area contributed by atoms with Crippen molar-refractivity contribution < 1.29 is 0 Å². The van der Waals surface area contributed by atoms with Crippen molar-refractivity contribution in [2.24, 2.45) is 5.92 Å². The highest BCUT2D eigenvalue weighted by molar-refractivity contribution is 5.64. The normalized spacial score (nSPS) is 14.3. The van der Waals surface area contributed by atoms with Crippen LogP contribution in [0.1, 0.15) is 49.3 Å². The van der Waals surface area contributed by atoms with Gasteiger partial charge in [0.25, 0.3) is 0 Å². The smallest absolute Gasteiger partial charge is 0.132 e. The molecule has 1 aliphatic heterocycles. The number of hydrogen-bond acceptors (Lipinski definition) is 4. The van der Waals surface area contributed by atoms with Gasteiger partial charge in [-0.1, -0.05) is 45.1 Å². The standard InChI is InChI=1S/C26H32N4/c1-6-22-7-9-23(10-8-22)24-12-15-30(16-13-24)20(4)25-11-14-27-26(17-25)29-21(5)28-18-19(2)3/h1,7-11,14,17,19,24,28H,4-5,12-13,15-16,18H2,2-3H3,(H,27,29). The van der Waals surface area contributed by atoms with Crippen LogP contribution in [0.3, 0.4) is 0 Å². The average molecular weight is 401 g/mol. The van der Waals surface area contributed by atoms with Crippen LogP contribution in [-0.2, 0) is 0 Å². The van der Waals surface area contributed by atoms with E-state index < -0.39 is 0 Å². The molecule has 156 valence electrons. The van der Waals surface area contributed by atoms with E-state index in [1.165, 1.54) is 5.56 Å². The Morgan fingerprint density at radius 1 is 1.20 bits per heavy atom. The lowest BCUT2D eigenvalue weighted by atomic mass is 9.88. The summed E-state index contributed by atoms with van der Waals surface area (Å²) in [5, 5.41) is 6.52. The zero-order chi connectivity index (χ0) is 21.5. The number of rotatable bonds is 8. The zero-order valence-corrected chi connectivity index (χ0v) is 18.1. The quantitative estimate of drug-likeness (QED) is 0.609. The SMILES string of the molecule is C#Cc1ccc(C2CCN(C(=C)c3ccnc(NC(=C)NCC(C)C)c3)CC2)cc1. The lowest BCUT2D eigenvalue weighted by molar-refractivity contribution is 0.299. The minimum atomic E-state index is 0.556. The lowest BCUT2D eigenvalue weighted by Crippen LogP contribution is -2.31. The van der Waals surface area contributed by atoms with E-state index in [-0.39, 0.29) is 0 Å². The van der Waals surface area contributed by atoms with Gasteiger partial charge in [0.2, 0.25) is 0 Å². The molecule has 0 spiro atoms. The first-order valence-corrected chi connectivity index (χ1v) is 10.6. The maximum Gasteiger partial charge on any atom is 0.132 e. The van der Waals surface area contributed by atoms with Crippen LogP contribution in [0.4, 0.5) is 5.82 Å². The van der Waals surface area contributed by atoms with Crippen molar-refractivity contribution in [3.63, 3.8) is 0 Å². The highest BCUT2D eigenvalue weighted by Gasteiger charge is 2.22. The van der Waals surface area contributed by atoms with Crippen molar-refractivity contribution in [1.29, 1.82) is 0 Å². The predicted molar refractivity (Wildman–Crippen MR) is 127 cm³/mol. The number of nitrogens with one attached hydrogen (secondary N) is 2. The second-order valence-electron chi connectivity index (χ2n) is 8.28. The summed E-state index contributed by atoms with van der Waals surface area (Å²) in [5.74, 6) is 5.35. The third-order valence-corrected chi connectivity index (χ3v) is 5.52. The van der Waals surface area contributed by atoms with Crippen LogP contribution in [0.2, 0.25) is 0 Å². The summed E-state index contributed by atoms with van der Waals surface area (Å²) in [6, 6.07) is 12.5. The monoisotopic (exact) mass is 400 g/mol. The van der Waals surface area contributed by atoms with Crippen molar-refractivity contribution in [2.75, 3.05) is 25.0 Å². The Labute approximate surface area is 181 Å². The van der Waals surface area contributed by atoms with Crippen molar-refractivity contribution in [3.8, 4) is 12.3 Å². The fraction of sp³-hybridized carbons (Fsp3) is 0.346. The van der Waals surface area contributed by atoms with Crippen molar-refractivity contribution in [3.05, 3.63) is 78.3 Å². The Bertz CT molecular complexity index is 913. The third-order valence-electron chi connectivity index (χ3n) is 5.52. The molecule has 1 aromatic carbocycles. The molecule has 2 heterocycles. The van der Waals surface area contributed by atoms with Gasteiger partial charge < -0.3 is 15.5 Å². The number of anilines is 1. The van der Waals surface area contributed by atoms with Crippen LogP contribution in [-0.4, -0.2) is 29.5 Å². The highest BCUT2D eigenvalue weighted by atomic mass is 15.1. The van der Waals surface area contributed by atoms with Gasteiger partial charge in [0.1, 0.15) is 5.82 Å². The molecule has 0 bridgehead atoms. The molecule has 0 aliphatic carbocycles. The van der Waals surface area contributed by atoms with Crippen LogP contribution in [0.5, 0.6) is 0 Å². The molecule has 3 rings (SSSR count). The number of terminal acetylenes is 1. The molecule has 1 aromatic heterocycles. The number of benzene rings is 1. The molecule has 4 nitrogen and oxygen atoms in total. The molecule has 0 unspecified atom stereocenters. The minimum absolute atomic E-state index is 0.556. The van der Waals surface area contributed by atoms with E-state index in [9.17, 15) is 0 Å². The van der Waals surface area contributed by atoms with Gasteiger partial charge in [0.05, 0.1) is 5.82 Å². The second kappa shape index (κ2) is 10.0. The first-order valence-electron chi connectivity index (χ1n) is 10.6. The summed E-state index contributed by atoms with van der Waals surface area (Å²) < 4.78 is 0. The molecule has 2 N–H and O–H groups in total. The van der Waals surface area contributed by atoms with Crippen LogP contribution < -0.4 is 10.6 Å². The van der Waals surface area contributed by atoms with Gasteiger partial charge in [-0.15, -0.1) is 6.42 Å². The molecule has 30 heavy (non-hydrogen) atoms. The van der Waals surface area contributed by atoms with E-state index in [4.69, 9.17) is 6.42 Å². The van der Waals surface area contributed by atoms with Gasteiger partial charge >= 0.3 is 0 Å². The van der Waals surface area contributed by atoms with Gasteiger partial charge in [-0.3, -0.25) is 0 Å². The molecule has 1 aliphatic rings. The number of likely N-dealkylation sites (tertiary alicyclic amines) is 1. The summed E-state index contributed by atoms with van der Waals surface area (Å²) in [6.45, 7) is 15.6. The molecule has 2 aromatic rings. The first-order chi connectivity index (χ1) is 14.5.